The lowest BCUT2D eigenvalue weighted by molar-refractivity contribution is 0.0733. The van der Waals surface area contributed by atoms with Crippen molar-refractivity contribution in [2.45, 2.75) is 84.0 Å². The first kappa shape index (κ1) is 27.5. The van der Waals surface area contributed by atoms with Gasteiger partial charge in [-0.2, -0.15) is 0 Å². The van der Waals surface area contributed by atoms with Crippen LogP contribution in [0.3, 0.4) is 0 Å². The van der Waals surface area contributed by atoms with Gasteiger partial charge in [-0.1, -0.05) is 45.4 Å². The third-order valence-corrected chi connectivity index (χ3v) is 8.41. The van der Waals surface area contributed by atoms with E-state index in [1.807, 2.05) is 0 Å². The summed E-state index contributed by atoms with van der Waals surface area (Å²) in [4.78, 5) is 12.3. The van der Waals surface area contributed by atoms with Crippen LogP contribution in [0.2, 0.25) is 0 Å². The van der Waals surface area contributed by atoms with Gasteiger partial charge in [-0.3, -0.25) is 0 Å². The number of hydrogen-bond donors (Lipinski definition) is 0. The molecule has 37 heavy (non-hydrogen) atoms. The Morgan fingerprint density at radius 3 is 1.92 bits per heavy atom. The number of unbranched alkanes of at least 4 members (excludes halogenated alkanes) is 2. The largest absolute Gasteiger partial charge is 0.493 e. The molecule has 0 N–H and O–H groups in total. The Bertz CT molecular complexity index is 984. The molecule has 0 radical (unpaired) electrons. The van der Waals surface area contributed by atoms with Crippen LogP contribution in [0.5, 0.6) is 11.5 Å². The van der Waals surface area contributed by atoms with Crippen LogP contribution in [0, 0.1) is 41.1 Å². The maximum Gasteiger partial charge on any atom is 0.343 e. The molecule has 0 spiro atoms. The molecule has 2 aliphatic rings. The van der Waals surface area contributed by atoms with Gasteiger partial charge in [0.2, 0.25) is 0 Å². The molecule has 6 heteroatoms. The van der Waals surface area contributed by atoms with Crippen molar-refractivity contribution in [3.63, 3.8) is 0 Å². The molecule has 2 aromatic rings. The molecule has 4 rings (SSSR count). The Morgan fingerprint density at radius 2 is 1.35 bits per heavy atom. The molecule has 0 amide bonds. The van der Waals surface area contributed by atoms with Gasteiger partial charge in [0.25, 0.3) is 0 Å². The second kappa shape index (κ2) is 13.3. The normalized spacial score (nSPS) is 24.0. The Hall–Kier alpha value is -2.50. The number of rotatable bonds is 10. The van der Waals surface area contributed by atoms with E-state index in [1.165, 1.54) is 77.0 Å². The topological polar surface area (TPSA) is 35.5 Å². The van der Waals surface area contributed by atoms with Gasteiger partial charge in [-0.25, -0.2) is 18.0 Å². The average molecular weight is 517 g/mol. The predicted molar refractivity (Wildman–Crippen MR) is 138 cm³/mol. The summed E-state index contributed by atoms with van der Waals surface area (Å²) >= 11 is 0. The quantitative estimate of drug-likeness (QED) is 0.137. The maximum atomic E-state index is 13.3. The first-order valence-corrected chi connectivity index (χ1v) is 14.0. The molecule has 3 nitrogen and oxygen atoms in total. The standard InChI is InChI=1S/C31H39F3O3/c1-2-3-4-5-21-6-10-23(11-7-21)24-12-8-22(9-13-24)20-36-26-16-14-25(15-17-26)31(35)37-27-18-28(32)30(34)29(33)19-27/h14-19,21-24H,2-13,20H2,1H3/t21-,22-,23-,24-. The van der Waals surface area contributed by atoms with E-state index in [2.05, 4.69) is 6.92 Å². The Kier molecular flexibility index (Phi) is 9.93. The van der Waals surface area contributed by atoms with Crippen molar-refractivity contribution in [2.24, 2.45) is 23.7 Å². The Labute approximate surface area is 218 Å². The number of benzene rings is 2. The zero-order valence-corrected chi connectivity index (χ0v) is 21.8. The van der Waals surface area contributed by atoms with E-state index in [1.54, 1.807) is 24.3 Å². The van der Waals surface area contributed by atoms with E-state index in [-0.39, 0.29) is 5.56 Å². The smallest absolute Gasteiger partial charge is 0.343 e. The van der Waals surface area contributed by atoms with E-state index in [4.69, 9.17) is 9.47 Å². The van der Waals surface area contributed by atoms with Gasteiger partial charge in [-0.15, -0.1) is 0 Å². The van der Waals surface area contributed by atoms with E-state index >= 15 is 0 Å². The molecular formula is C31H39F3O3. The molecule has 0 heterocycles. The molecule has 2 aliphatic carbocycles. The molecule has 2 aromatic carbocycles. The zero-order valence-electron chi connectivity index (χ0n) is 21.8. The molecule has 0 aliphatic heterocycles. The van der Waals surface area contributed by atoms with Crippen molar-refractivity contribution < 1.29 is 27.4 Å². The summed E-state index contributed by atoms with van der Waals surface area (Å²) in [6, 6.07) is 7.75. The fourth-order valence-corrected chi connectivity index (χ4v) is 6.12. The van der Waals surface area contributed by atoms with Crippen LogP contribution >= 0.6 is 0 Å². The molecule has 2 saturated carbocycles. The lowest BCUT2D eigenvalue weighted by Gasteiger charge is -2.38. The first-order valence-electron chi connectivity index (χ1n) is 14.0. The van der Waals surface area contributed by atoms with Crippen LogP contribution in [0.25, 0.3) is 0 Å². The van der Waals surface area contributed by atoms with Crippen molar-refractivity contribution >= 4 is 5.97 Å². The number of esters is 1. The average Bonchev–Trinajstić information content (AvgIpc) is 2.91. The number of ether oxygens (including phenoxy) is 2. The highest BCUT2D eigenvalue weighted by atomic mass is 19.2. The van der Waals surface area contributed by atoms with Crippen molar-refractivity contribution in [3.8, 4) is 11.5 Å². The highest BCUT2D eigenvalue weighted by Gasteiger charge is 2.31. The van der Waals surface area contributed by atoms with Crippen LogP contribution in [0.1, 0.15) is 94.3 Å². The number of halogens is 3. The number of carbonyl (C=O) groups excluding carboxylic acids is 1. The summed E-state index contributed by atoms with van der Waals surface area (Å²) in [6.45, 7) is 2.94. The monoisotopic (exact) mass is 516 g/mol. The minimum atomic E-state index is -1.60. The molecule has 0 atom stereocenters. The summed E-state index contributed by atoms with van der Waals surface area (Å²) < 4.78 is 50.7. The second-order valence-corrected chi connectivity index (χ2v) is 11.0. The van der Waals surface area contributed by atoms with Gasteiger partial charge in [0.1, 0.15) is 11.5 Å². The van der Waals surface area contributed by atoms with Crippen LogP contribution < -0.4 is 9.47 Å². The third-order valence-electron chi connectivity index (χ3n) is 8.41. The van der Waals surface area contributed by atoms with Crippen molar-refractivity contribution in [1.29, 1.82) is 0 Å². The van der Waals surface area contributed by atoms with Gasteiger partial charge in [0.05, 0.1) is 12.2 Å². The zero-order chi connectivity index (χ0) is 26.2. The Balaban J connectivity index is 1.16. The van der Waals surface area contributed by atoms with Gasteiger partial charge in [0, 0.05) is 12.1 Å². The van der Waals surface area contributed by atoms with E-state index in [9.17, 15) is 18.0 Å². The molecule has 0 aromatic heterocycles. The fraction of sp³-hybridized carbons (Fsp3) is 0.581. The van der Waals surface area contributed by atoms with E-state index < -0.39 is 29.2 Å². The van der Waals surface area contributed by atoms with Crippen molar-refractivity contribution in [1.82, 2.24) is 0 Å². The van der Waals surface area contributed by atoms with E-state index in [0.717, 1.165) is 17.8 Å². The third kappa shape index (κ3) is 7.75. The minimum Gasteiger partial charge on any atom is -0.493 e. The Morgan fingerprint density at radius 1 is 0.784 bits per heavy atom. The van der Waals surface area contributed by atoms with E-state index in [0.29, 0.717) is 30.4 Å². The highest BCUT2D eigenvalue weighted by Crippen LogP contribution is 2.42. The van der Waals surface area contributed by atoms with Gasteiger partial charge >= 0.3 is 5.97 Å². The predicted octanol–water partition coefficient (Wildman–Crippen LogP) is 8.90. The summed E-state index contributed by atoms with van der Waals surface area (Å²) in [5, 5.41) is 0. The second-order valence-electron chi connectivity index (χ2n) is 11.0. The van der Waals surface area contributed by atoms with Crippen molar-refractivity contribution in [2.75, 3.05) is 6.61 Å². The molecule has 202 valence electrons. The maximum absolute atomic E-state index is 13.3. The summed E-state index contributed by atoms with van der Waals surface area (Å²) in [6.07, 6.45) is 16.2. The van der Waals surface area contributed by atoms with Crippen LogP contribution in [-0.2, 0) is 0 Å². The van der Waals surface area contributed by atoms with Crippen LogP contribution in [0.15, 0.2) is 36.4 Å². The number of carbonyl (C=O) groups is 1. The molecular weight excluding hydrogens is 477 g/mol. The van der Waals surface area contributed by atoms with Crippen molar-refractivity contribution in [3.05, 3.63) is 59.4 Å². The first-order chi connectivity index (χ1) is 17.9. The molecule has 2 fully saturated rings. The van der Waals surface area contributed by atoms with Crippen LogP contribution in [-0.4, -0.2) is 12.6 Å². The SMILES string of the molecule is CCCCC[C@H]1CC[C@H]([C@H]2CC[C@H](COc3ccc(C(=O)Oc4cc(F)c(F)c(F)c4)cc3)CC2)CC1. The minimum absolute atomic E-state index is 0.207. The molecule has 0 saturated heterocycles. The lowest BCUT2D eigenvalue weighted by atomic mass is 9.69. The van der Waals surface area contributed by atoms with Gasteiger partial charge in [0.15, 0.2) is 17.5 Å². The molecule has 0 bridgehead atoms. The summed E-state index contributed by atoms with van der Waals surface area (Å²) in [5.41, 5.74) is 0.207. The fourth-order valence-electron chi connectivity index (χ4n) is 6.12. The van der Waals surface area contributed by atoms with Gasteiger partial charge in [-0.05, 0) is 86.5 Å². The number of hydrogen-bond acceptors (Lipinski definition) is 3. The summed E-state index contributed by atoms with van der Waals surface area (Å²) in [5.74, 6) is -1.63. The summed E-state index contributed by atoms with van der Waals surface area (Å²) in [7, 11) is 0. The highest BCUT2D eigenvalue weighted by molar-refractivity contribution is 5.91. The van der Waals surface area contributed by atoms with Gasteiger partial charge < -0.3 is 9.47 Å². The lowest BCUT2D eigenvalue weighted by Crippen LogP contribution is -2.27. The molecule has 0 unspecified atom stereocenters. The van der Waals surface area contributed by atoms with Crippen LogP contribution in [0.4, 0.5) is 13.2 Å².